The van der Waals surface area contributed by atoms with Crippen molar-refractivity contribution in [1.29, 1.82) is 5.26 Å². The number of methoxy groups -OCH3 is 1. The van der Waals surface area contributed by atoms with Crippen molar-refractivity contribution in [3.8, 4) is 11.8 Å². The van der Waals surface area contributed by atoms with Crippen LogP contribution in [-0.4, -0.2) is 26.1 Å². The predicted octanol–water partition coefficient (Wildman–Crippen LogP) is 3.61. The summed E-state index contributed by atoms with van der Waals surface area (Å²) in [6.07, 6.45) is 0. The summed E-state index contributed by atoms with van der Waals surface area (Å²) in [4.78, 5) is 2.07. The lowest BCUT2D eigenvalue weighted by molar-refractivity contribution is 0.185. The molecule has 0 bridgehead atoms. The second-order valence-electron chi connectivity index (χ2n) is 5.09. The molecule has 0 saturated carbocycles. The van der Waals surface area contributed by atoms with E-state index >= 15 is 0 Å². The van der Waals surface area contributed by atoms with Crippen LogP contribution in [0.4, 0.5) is 0 Å². The molecule has 0 radical (unpaired) electrons. The molecular weight excluding hydrogens is 292 g/mol. The number of halogens is 1. The molecule has 1 rings (SSSR count). The molecule has 3 nitrogen and oxygen atoms in total. The fraction of sp³-hybridized carbons (Fsp3) is 0.500. The zero-order valence-corrected chi connectivity index (χ0v) is 13.1. The second-order valence-corrected chi connectivity index (χ2v) is 5.95. The lowest BCUT2D eigenvalue weighted by atomic mass is 9.81. The molecule has 0 N–H and O–H groups in total. The van der Waals surface area contributed by atoms with Crippen molar-refractivity contribution in [1.82, 2.24) is 4.90 Å². The van der Waals surface area contributed by atoms with Crippen LogP contribution >= 0.6 is 15.9 Å². The van der Waals surface area contributed by atoms with Crippen molar-refractivity contribution in [2.75, 3.05) is 21.2 Å². The third-order valence-corrected chi connectivity index (χ3v) is 3.60. The molecule has 1 aromatic rings. The average molecular weight is 311 g/mol. The molecule has 4 heteroatoms. The van der Waals surface area contributed by atoms with Gasteiger partial charge in [-0.2, -0.15) is 5.26 Å². The number of benzene rings is 1. The molecule has 0 saturated heterocycles. The van der Waals surface area contributed by atoms with E-state index in [-0.39, 0.29) is 6.04 Å². The third kappa shape index (κ3) is 3.04. The predicted molar refractivity (Wildman–Crippen MR) is 76.5 cm³/mol. The van der Waals surface area contributed by atoms with Crippen LogP contribution < -0.4 is 4.74 Å². The zero-order valence-electron chi connectivity index (χ0n) is 11.5. The molecule has 1 unspecified atom stereocenters. The summed E-state index contributed by atoms with van der Waals surface area (Å²) in [6.45, 7) is 3.91. The van der Waals surface area contributed by atoms with Crippen molar-refractivity contribution in [2.45, 2.75) is 19.9 Å². The first kappa shape index (κ1) is 15.0. The van der Waals surface area contributed by atoms with Crippen LogP contribution in [0.3, 0.4) is 0 Å². The Labute approximate surface area is 117 Å². The first-order valence-corrected chi connectivity index (χ1v) is 6.54. The fourth-order valence-corrected chi connectivity index (χ4v) is 2.83. The average Bonchev–Trinajstić information content (AvgIpc) is 2.28. The lowest BCUT2D eigenvalue weighted by Gasteiger charge is -2.34. The Morgan fingerprint density at radius 3 is 2.39 bits per heavy atom. The number of nitrogens with zero attached hydrogens (tertiary/aromatic N) is 2. The van der Waals surface area contributed by atoms with E-state index in [0.717, 1.165) is 15.8 Å². The quantitative estimate of drug-likeness (QED) is 0.852. The Hall–Kier alpha value is -1.05. The Balaban J connectivity index is 3.24. The summed E-state index contributed by atoms with van der Waals surface area (Å²) in [5, 5.41) is 9.33. The highest BCUT2D eigenvalue weighted by Gasteiger charge is 2.32. The van der Waals surface area contributed by atoms with Gasteiger partial charge in [0.05, 0.1) is 29.1 Å². The largest absolute Gasteiger partial charge is 0.496 e. The van der Waals surface area contributed by atoms with Crippen molar-refractivity contribution in [3.05, 3.63) is 28.2 Å². The SMILES string of the molecule is COc1ccc(C(N(C)C)C(C)(C)C#N)cc1Br. The van der Waals surface area contributed by atoms with Crippen LogP contribution in [0.2, 0.25) is 0 Å². The van der Waals surface area contributed by atoms with Gasteiger partial charge in [0.25, 0.3) is 0 Å². The van der Waals surface area contributed by atoms with Crippen molar-refractivity contribution >= 4 is 15.9 Å². The maximum Gasteiger partial charge on any atom is 0.133 e. The van der Waals surface area contributed by atoms with Crippen LogP contribution in [0.15, 0.2) is 22.7 Å². The van der Waals surface area contributed by atoms with Crippen LogP contribution in [0, 0.1) is 16.7 Å². The van der Waals surface area contributed by atoms with Gasteiger partial charge in [-0.05, 0) is 61.6 Å². The fourth-order valence-electron chi connectivity index (χ4n) is 2.27. The maximum atomic E-state index is 9.33. The second kappa shape index (κ2) is 5.73. The van der Waals surface area contributed by atoms with Crippen molar-refractivity contribution in [3.63, 3.8) is 0 Å². The van der Waals surface area contributed by atoms with Gasteiger partial charge in [0.2, 0.25) is 0 Å². The van der Waals surface area contributed by atoms with Gasteiger partial charge in [-0.25, -0.2) is 0 Å². The van der Waals surface area contributed by atoms with Crippen LogP contribution in [0.5, 0.6) is 5.75 Å². The van der Waals surface area contributed by atoms with Crippen LogP contribution in [0.25, 0.3) is 0 Å². The molecule has 0 spiro atoms. The minimum absolute atomic E-state index is 0.0321. The monoisotopic (exact) mass is 310 g/mol. The molecule has 18 heavy (non-hydrogen) atoms. The number of ether oxygens (including phenoxy) is 1. The third-order valence-electron chi connectivity index (χ3n) is 2.98. The lowest BCUT2D eigenvalue weighted by Crippen LogP contribution is -2.32. The molecule has 0 aliphatic heterocycles. The van der Waals surface area contributed by atoms with E-state index in [9.17, 15) is 5.26 Å². The molecule has 0 aliphatic carbocycles. The molecule has 0 heterocycles. The van der Waals surface area contributed by atoms with E-state index in [1.807, 2.05) is 46.1 Å². The van der Waals surface area contributed by atoms with Gasteiger partial charge in [-0.3, -0.25) is 0 Å². The van der Waals surface area contributed by atoms with E-state index in [4.69, 9.17) is 4.74 Å². The first-order chi connectivity index (χ1) is 8.33. The van der Waals surface area contributed by atoms with E-state index < -0.39 is 5.41 Å². The number of hydrogen-bond donors (Lipinski definition) is 0. The van der Waals surface area contributed by atoms with E-state index in [1.54, 1.807) is 7.11 Å². The Kier molecular flexibility index (Phi) is 4.78. The topological polar surface area (TPSA) is 36.3 Å². The smallest absolute Gasteiger partial charge is 0.133 e. The zero-order chi connectivity index (χ0) is 13.9. The summed E-state index contributed by atoms with van der Waals surface area (Å²) in [7, 11) is 5.62. The van der Waals surface area contributed by atoms with Gasteiger partial charge in [0.15, 0.2) is 0 Å². The standard InChI is InChI=1S/C14H19BrN2O/c1-14(2,9-16)13(17(3)4)10-6-7-12(18-5)11(15)8-10/h6-8,13H,1-5H3. The molecule has 0 amide bonds. The summed E-state index contributed by atoms with van der Waals surface area (Å²) >= 11 is 3.49. The highest BCUT2D eigenvalue weighted by atomic mass is 79.9. The molecular formula is C14H19BrN2O. The molecule has 1 atom stereocenters. The summed E-state index contributed by atoms with van der Waals surface area (Å²) < 4.78 is 6.13. The van der Waals surface area contributed by atoms with Crippen molar-refractivity contribution < 1.29 is 4.74 Å². The van der Waals surface area contributed by atoms with Gasteiger partial charge in [-0.1, -0.05) is 6.07 Å². The highest BCUT2D eigenvalue weighted by molar-refractivity contribution is 9.10. The van der Waals surface area contributed by atoms with Crippen LogP contribution in [-0.2, 0) is 0 Å². The van der Waals surface area contributed by atoms with Crippen molar-refractivity contribution in [2.24, 2.45) is 5.41 Å². The molecule has 0 fully saturated rings. The highest BCUT2D eigenvalue weighted by Crippen LogP contribution is 2.39. The molecule has 1 aromatic carbocycles. The van der Waals surface area contributed by atoms with Crippen LogP contribution in [0.1, 0.15) is 25.5 Å². The van der Waals surface area contributed by atoms with E-state index in [2.05, 4.69) is 26.9 Å². The normalized spacial score (nSPS) is 13.2. The molecule has 0 aliphatic rings. The Bertz CT molecular complexity index is 463. The Morgan fingerprint density at radius 1 is 1.39 bits per heavy atom. The maximum absolute atomic E-state index is 9.33. The summed E-state index contributed by atoms with van der Waals surface area (Å²) in [5.74, 6) is 0.797. The van der Waals surface area contributed by atoms with Gasteiger partial charge >= 0.3 is 0 Å². The number of nitriles is 1. The van der Waals surface area contributed by atoms with Gasteiger partial charge in [0, 0.05) is 0 Å². The number of hydrogen-bond acceptors (Lipinski definition) is 3. The first-order valence-electron chi connectivity index (χ1n) is 5.74. The van der Waals surface area contributed by atoms with E-state index in [1.165, 1.54) is 0 Å². The van der Waals surface area contributed by atoms with E-state index in [0.29, 0.717) is 0 Å². The van der Waals surface area contributed by atoms with Gasteiger partial charge in [0.1, 0.15) is 5.75 Å². The minimum Gasteiger partial charge on any atom is -0.496 e. The van der Waals surface area contributed by atoms with Gasteiger partial charge in [-0.15, -0.1) is 0 Å². The number of rotatable bonds is 4. The van der Waals surface area contributed by atoms with Gasteiger partial charge < -0.3 is 9.64 Å². The molecule has 0 aromatic heterocycles. The Morgan fingerprint density at radius 2 is 2.00 bits per heavy atom. The molecule has 98 valence electrons. The summed E-state index contributed by atoms with van der Waals surface area (Å²) in [5.41, 5.74) is 0.636. The minimum atomic E-state index is -0.461. The summed E-state index contributed by atoms with van der Waals surface area (Å²) in [6, 6.07) is 8.36.